The third-order valence-electron chi connectivity index (χ3n) is 3.69. The molecule has 2 aliphatic rings. The molecule has 1 atom stereocenters. The molecule has 1 saturated carbocycles. The molecule has 2 fully saturated rings. The summed E-state index contributed by atoms with van der Waals surface area (Å²) in [5.41, 5.74) is 1.04. The highest BCUT2D eigenvalue weighted by Crippen LogP contribution is 2.23. The van der Waals surface area contributed by atoms with E-state index in [1.165, 1.54) is 12.8 Å². The summed E-state index contributed by atoms with van der Waals surface area (Å²) in [6, 6.07) is 4.39. The van der Waals surface area contributed by atoms with Gasteiger partial charge in [0.05, 0.1) is 13.2 Å². The summed E-state index contributed by atoms with van der Waals surface area (Å²) in [4.78, 5) is 18.3. The molecule has 2 heterocycles. The largest absolute Gasteiger partial charge is 0.481 e. The van der Waals surface area contributed by atoms with Crippen LogP contribution in [0.2, 0.25) is 0 Å². The zero-order valence-electron chi connectivity index (χ0n) is 11.1. The van der Waals surface area contributed by atoms with Crippen molar-refractivity contribution in [2.75, 3.05) is 13.7 Å². The lowest BCUT2D eigenvalue weighted by atomic mass is 10.2. The van der Waals surface area contributed by atoms with Crippen molar-refractivity contribution < 1.29 is 9.53 Å². The number of carbonyl (C=O) groups excluding carboxylic acids is 1. The minimum atomic E-state index is 0.0266. The van der Waals surface area contributed by atoms with E-state index in [0.717, 1.165) is 18.5 Å². The van der Waals surface area contributed by atoms with Crippen molar-refractivity contribution in [3.63, 3.8) is 0 Å². The molecule has 5 nitrogen and oxygen atoms in total. The number of aromatic nitrogens is 1. The molecule has 0 bridgehead atoms. The molecular formula is C14H19N3O2. The third-order valence-corrected chi connectivity index (χ3v) is 3.69. The fourth-order valence-electron chi connectivity index (χ4n) is 2.43. The van der Waals surface area contributed by atoms with E-state index in [4.69, 9.17) is 4.74 Å². The summed E-state index contributed by atoms with van der Waals surface area (Å²) in [6.45, 7) is 1.47. The highest BCUT2D eigenvalue weighted by molar-refractivity contribution is 5.84. The molecular weight excluding hydrogens is 242 g/mol. The fraction of sp³-hybridized carbons (Fsp3) is 0.571. The molecule has 0 radical (unpaired) electrons. The monoisotopic (exact) mass is 261 g/mol. The molecule has 1 N–H and O–H groups in total. The van der Waals surface area contributed by atoms with E-state index in [9.17, 15) is 4.79 Å². The van der Waals surface area contributed by atoms with Crippen molar-refractivity contribution in [2.45, 2.75) is 37.9 Å². The number of likely N-dealkylation sites (tertiary alicyclic amines) is 1. The van der Waals surface area contributed by atoms with Gasteiger partial charge in [0.1, 0.15) is 0 Å². The smallest absolute Gasteiger partial charge is 0.240 e. The van der Waals surface area contributed by atoms with Crippen LogP contribution in [-0.2, 0) is 11.3 Å². The van der Waals surface area contributed by atoms with Gasteiger partial charge in [-0.2, -0.15) is 0 Å². The minimum Gasteiger partial charge on any atom is -0.481 e. The topological polar surface area (TPSA) is 54.5 Å². The molecule has 3 rings (SSSR count). The summed E-state index contributed by atoms with van der Waals surface area (Å²) < 4.78 is 5.03. The number of pyridine rings is 1. The molecule has 1 aliphatic carbocycles. The van der Waals surface area contributed by atoms with Crippen LogP contribution in [0.5, 0.6) is 5.88 Å². The van der Waals surface area contributed by atoms with Gasteiger partial charge in [0.15, 0.2) is 0 Å². The molecule has 1 aromatic heterocycles. The molecule has 102 valence electrons. The van der Waals surface area contributed by atoms with Gasteiger partial charge in [-0.25, -0.2) is 4.98 Å². The number of methoxy groups -OCH3 is 1. The highest BCUT2D eigenvalue weighted by Gasteiger charge is 2.35. The van der Waals surface area contributed by atoms with Crippen molar-refractivity contribution in [1.29, 1.82) is 0 Å². The van der Waals surface area contributed by atoms with Crippen molar-refractivity contribution in [3.05, 3.63) is 23.9 Å². The first kappa shape index (κ1) is 12.4. The molecule has 19 heavy (non-hydrogen) atoms. The lowest BCUT2D eigenvalue weighted by Crippen LogP contribution is -2.39. The Morgan fingerprint density at radius 1 is 1.42 bits per heavy atom. The summed E-state index contributed by atoms with van der Waals surface area (Å²) in [6.07, 6.45) is 5.12. The minimum absolute atomic E-state index is 0.0266. The van der Waals surface area contributed by atoms with E-state index in [1.807, 2.05) is 17.0 Å². The summed E-state index contributed by atoms with van der Waals surface area (Å²) in [5, 5.41) is 3.41. The van der Waals surface area contributed by atoms with Crippen molar-refractivity contribution in [3.8, 4) is 5.88 Å². The van der Waals surface area contributed by atoms with Crippen LogP contribution in [0, 0.1) is 0 Å². The van der Waals surface area contributed by atoms with Gasteiger partial charge in [-0.1, -0.05) is 6.07 Å². The second kappa shape index (κ2) is 5.17. The molecule has 1 saturated heterocycles. The lowest BCUT2D eigenvalue weighted by Gasteiger charge is -2.17. The molecule has 1 aromatic rings. The Morgan fingerprint density at radius 2 is 2.26 bits per heavy atom. The van der Waals surface area contributed by atoms with E-state index in [1.54, 1.807) is 13.3 Å². The Labute approximate surface area is 113 Å². The predicted octanol–water partition coefficient (Wildman–Crippen LogP) is 0.943. The van der Waals surface area contributed by atoms with Crippen molar-refractivity contribution >= 4 is 5.91 Å². The summed E-state index contributed by atoms with van der Waals surface area (Å²) >= 11 is 0. The van der Waals surface area contributed by atoms with Gasteiger partial charge in [-0.15, -0.1) is 0 Å². The number of nitrogens with zero attached hydrogens (tertiary/aromatic N) is 2. The summed E-state index contributed by atoms with van der Waals surface area (Å²) in [7, 11) is 1.60. The van der Waals surface area contributed by atoms with Gasteiger partial charge in [-0.05, 0) is 24.8 Å². The normalized spacial score (nSPS) is 22.9. The maximum atomic E-state index is 12.2. The molecule has 1 amide bonds. The van der Waals surface area contributed by atoms with Crippen LogP contribution in [0.4, 0.5) is 0 Å². The van der Waals surface area contributed by atoms with Gasteiger partial charge in [-0.3, -0.25) is 4.79 Å². The van der Waals surface area contributed by atoms with Gasteiger partial charge in [0.2, 0.25) is 11.8 Å². The Kier molecular flexibility index (Phi) is 3.38. The average Bonchev–Trinajstić information content (AvgIpc) is 3.19. The number of carbonyl (C=O) groups is 1. The van der Waals surface area contributed by atoms with Crippen LogP contribution >= 0.6 is 0 Å². The molecule has 0 spiro atoms. The molecule has 5 heteroatoms. The van der Waals surface area contributed by atoms with Crippen molar-refractivity contribution in [2.24, 2.45) is 0 Å². The van der Waals surface area contributed by atoms with Crippen molar-refractivity contribution in [1.82, 2.24) is 15.2 Å². The van der Waals surface area contributed by atoms with Crippen LogP contribution in [0.25, 0.3) is 0 Å². The van der Waals surface area contributed by atoms with Crippen LogP contribution in [0.3, 0.4) is 0 Å². The van der Waals surface area contributed by atoms with Crippen LogP contribution in [-0.4, -0.2) is 41.5 Å². The Hall–Kier alpha value is -1.62. The van der Waals surface area contributed by atoms with Crippen LogP contribution in [0.15, 0.2) is 18.3 Å². The Balaban J connectivity index is 1.58. The number of hydrogen-bond donors (Lipinski definition) is 1. The predicted molar refractivity (Wildman–Crippen MR) is 70.8 cm³/mol. The van der Waals surface area contributed by atoms with Gasteiger partial charge < -0.3 is 15.0 Å². The Morgan fingerprint density at radius 3 is 2.89 bits per heavy atom. The van der Waals surface area contributed by atoms with Gasteiger partial charge in [0, 0.05) is 31.4 Å². The summed E-state index contributed by atoms with van der Waals surface area (Å²) in [5.74, 6) is 0.826. The number of amides is 1. The zero-order chi connectivity index (χ0) is 13.2. The first-order chi connectivity index (χ1) is 9.26. The maximum Gasteiger partial charge on any atom is 0.240 e. The molecule has 1 aliphatic heterocycles. The molecule has 0 aromatic carbocycles. The van der Waals surface area contributed by atoms with Gasteiger partial charge in [0.25, 0.3) is 0 Å². The van der Waals surface area contributed by atoms with Crippen LogP contribution in [0.1, 0.15) is 24.8 Å². The number of hydrogen-bond acceptors (Lipinski definition) is 4. The molecule has 1 unspecified atom stereocenters. The SMILES string of the molecule is COc1ccc(CN2CCC(NC3CC3)C2=O)cn1. The highest BCUT2D eigenvalue weighted by atomic mass is 16.5. The second-order valence-electron chi connectivity index (χ2n) is 5.25. The van der Waals surface area contributed by atoms with Crippen LogP contribution < -0.4 is 10.1 Å². The quantitative estimate of drug-likeness (QED) is 0.857. The van der Waals surface area contributed by atoms with Gasteiger partial charge >= 0.3 is 0 Å². The second-order valence-corrected chi connectivity index (χ2v) is 5.25. The fourth-order valence-corrected chi connectivity index (χ4v) is 2.43. The average molecular weight is 261 g/mol. The van der Waals surface area contributed by atoms with E-state index in [2.05, 4.69) is 10.3 Å². The van der Waals surface area contributed by atoms with E-state index >= 15 is 0 Å². The first-order valence-corrected chi connectivity index (χ1v) is 6.80. The van der Waals surface area contributed by atoms with E-state index in [-0.39, 0.29) is 11.9 Å². The lowest BCUT2D eigenvalue weighted by molar-refractivity contribution is -0.129. The standard InChI is InChI=1S/C14H19N3O2/c1-19-13-5-2-10(8-15-13)9-17-7-6-12(14(17)18)16-11-3-4-11/h2,5,8,11-12,16H,3-4,6-7,9H2,1H3. The van der Waals surface area contributed by atoms with E-state index in [0.29, 0.717) is 18.5 Å². The Bertz CT molecular complexity index is 456. The van der Waals surface area contributed by atoms with E-state index < -0.39 is 0 Å². The maximum absolute atomic E-state index is 12.2. The third kappa shape index (κ3) is 2.87. The number of nitrogens with one attached hydrogen (secondary N) is 1. The zero-order valence-corrected chi connectivity index (χ0v) is 11.1. The number of ether oxygens (including phenoxy) is 1. The first-order valence-electron chi connectivity index (χ1n) is 6.80. The number of rotatable bonds is 5.